The van der Waals surface area contributed by atoms with E-state index in [9.17, 15) is 14.9 Å². The molecule has 0 aliphatic heterocycles. The van der Waals surface area contributed by atoms with E-state index < -0.39 is 5.82 Å². The minimum atomic E-state index is -0.780. The van der Waals surface area contributed by atoms with Gasteiger partial charge in [-0.15, -0.1) is 0 Å². The summed E-state index contributed by atoms with van der Waals surface area (Å²) >= 11 is 0. The molecular formula is C32H19FN2. The minimum Gasteiger partial charge on any atom is -0.204 e. The van der Waals surface area contributed by atoms with Crippen molar-refractivity contribution >= 4 is 0 Å². The molecule has 3 heteroatoms. The van der Waals surface area contributed by atoms with E-state index in [4.69, 9.17) is 0 Å². The summed E-state index contributed by atoms with van der Waals surface area (Å²) in [6.07, 6.45) is 0. The van der Waals surface area contributed by atoms with Crippen molar-refractivity contribution in [3.05, 3.63) is 132 Å². The van der Waals surface area contributed by atoms with Gasteiger partial charge in [-0.05, 0) is 80.9 Å². The second kappa shape index (κ2) is 9.48. The van der Waals surface area contributed by atoms with Crippen LogP contribution >= 0.6 is 0 Å². The fourth-order valence-electron chi connectivity index (χ4n) is 4.22. The van der Waals surface area contributed by atoms with Gasteiger partial charge < -0.3 is 0 Å². The van der Waals surface area contributed by atoms with Crippen molar-refractivity contribution in [2.45, 2.75) is 0 Å². The molecule has 0 heterocycles. The average Bonchev–Trinajstić information content (AvgIpc) is 2.94. The SMILES string of the molecule is N#Cc1cc(-c2cccc(-c3cc(-c4ccccc4)cc(-c4ccccc4)c3)c2)cc(C#N)c1F. The molecule has 0 N–H and O–H groups in total. The normalized spacial score (nSPS) is 10.4. The van der Waals surface area contributed by atoms with Gasteiger partial charge >= 0.3 is 0 Å². The Morgan fingerprint density at radius 1 is 0.400 bits per heavy atom. The second-order valence-corrected chi connectivity index (χ2v) is 8.22. The standard InChI is InChI=1S/C32H19FN2/c33-32-30(20-34)18-29(19-31(32)21-35)25-13-7-12-24(14-25)28-16-26(22-8-3-1-4-9-22)15-27(17-28)23-10-5-2-6-11-23/h1-19H. The number of hydrogen-bond donors (Lipinski definition) is 0. The van der Waals surface area contributed by atoms with Crippen LogP contribution in [0.4, 0.5) is 4.39 Å². The molecular weight excluding hydrogens is 431 g/mol. The van der Waals surface area contributed by atoms with Crippen LogP contribution in [0.25, 0.3) is 44.5 Å². The highest BCUT2D eigenvalue weighted by molar-refractivity contribution is 5.83. The lowest BCUT2D eigenvalue weighted by Crippen LogP contribution is -1.92. The number of nitrogens with zero attached hydrogens (tertiary/aromatic N) is 2. The molecule has 0 atom stereocenters. The first-order chi connectivity index (χ1) is 17.2. The molecule has 35 heavy (non-hydrogen) atoms. The zero-order valence-electron chi connectivity index (χ0n) is 18.7. The van der Waals surface area contributed by atoms with Crippen LogP contribution in [0, 0.1) is 28.5 Å². The Bertz CT molecular complexity index is 1520. The molecule has 0 saturated heterocycles. The van der Waals surface area contributed by atoms with E-state index in [0.717, 1.165) is 38.9 Å². The van der Waals surface area contributed by atoms with E-state index >= 15 is 0 Å². The van der Waals surface area contributed by atoms with Crippen LogP contribution in [0.15, 0.2) is 115 Å². The van der Waals surface area contributed by atoms with Crippen molar-refractivity contribution in [3.63, 3.8) is 0 Å². The largest absolute Gasteiger partial charge is 0.204 e. The predicted octanol–water partition coefficient (Wildman–Crippen LogP) is 8.24. The Morgan fingerprint density at radius 3 is 1.17 bits per heavy atom. The van der Waals surface area contributed by atoms with Gasteiger partial charge in [-0.25, -0.2) is 4.39 Å². The van der Waals surface area contributed by atoms with E-state index in [0.29, 0.717) is 5.56 Å². The lowest BCUT2D eigenvalue weighted by molar-refractivity contribution is 0.620. The van der Waals surface area contributed by atoms with Gasteiger partial charge in [-0.1, -0.05) is 78.9 Å². The molecule has 0 aliphatic rings. The number of benzene rings is 5. The van der Waals surface area contributed by atoms with Gasteiger partial charge in [0.2, 0.25) is 0 Å². The van der Waals surface area contributed by atoms with Gasteiger partial charge in [0.1, 0.15) is 12.1 Å². The topological polar surface area (TPSA) is 47.6 Å². The van der Waals surface area contributed by atoms with Crippen LogP contribution in [0.2, 0.25) is 0 Å². The van der Waals surface area contributed by atoms with Gasteiger partial charge in [0.15, 0.2) is 5.82 Å². The Balaban J connectivity index is 1.67. The molecule has 0 saturated carbocycles. The maximum atomic E-state index is 14.3. The zero-order chi connectivity index (χ0) is 24.2. The van der Waals surface area contributed by atoms with Gasteiger partial charge in [0, 0.05) is 0 Å². The summed E-state index contributed by atoms with van der Waals surface area (Å²) in [5, 5.41) is 18.6. The summed E-state index contributed by atoms with van der Waals surface area (Å²) < 4.78 is 14.3. The van der Waals surface area contributed by atoms with Crippen molar-refractivity contribution in [2.24, 2.45) is 0 Å². The van der Waals surface area contributed by atoms with Gasteiger partial charge in [-0.2, -0.15) is 10.5 Å². The molecule has 0 unspecified atom stereocenters. The highest BCUT2D eigenvalue weighted by Crippen LogP contribution is 2.35. The number of halogens is 1. The molecule has 0 spiro atoms. The summed E-state index contributed by atoms with van der Waals surface area (Å²) in [6.45, 7) is 0. The fourth-order valence-corrected chi connectivity index (χ4v) is 4.22. The second-order valence-electron chi connectivity index (χ2n) is 8.22. The van der Waals surface area contributed by atoms with E-state index in [1.165, 1.54) is 12.1 Å². The van der Waals surface area contributed by atoms with Crippen molar-refractivity contribution in [1.29, 1.82) is 10.5 Å². The molecule has 0 bridgehead atoms. The Kier molecular flexibility index (Phi) is 5.91. The Morgan fingerprint density at radius 2 is 0.743 bits per heavy atom. The Labute approximate surface area is 203 Å². The number of rotatable bonds is 4. The third kappa shape index (κ3) is 4.44. The fraction of sp³-hybridized carbons (Fsp3) is 0. The van der Waals surface area contributed by atoms with Crippen molar-refractivity contribution in [1.82, 2.24) is 0 Å². The first kappa shape index (κ1) is 21.8. The monoisotopic (exact) mass is 450 g/mol. The van der Waals surface area contributed by atoms with Gasteiger partial charge in [0.05, 0.1) is 11.1 Å². The minimum absolute atomic E-state index is 0.137. The summed E-state index contributed by atoms with van der Waals surface area (Å²) in [5.41, 5.74) is 7.64. The van der Waals surface area contributed by atoms with E-state index in [1.807, 2.05) is 72.8 Å². The molecule has 0 fully saturated rings. The summed E-state index contributed by atoms with van der Waals surface area (Å²) in [5.74, 6) is -0.780. The molecule has 0 amide bonds. The van der Waals surface area contributed by atoms with Crippen LogP contribution in [0.3, 0.4) is 0 Å². The highest BCUT2D eigenvalue weighted by atomic mass is 19.1. The molecule has 0 aliphatic carbocycles. The number of nitriles is 2. The van der Waals surface area contributed by atoms with Crippen LogP contribution in [-0.2, 0) is 0 Å². The predicted molar refractivity (Wildman–Crippen MR) is 138 cm³/mol. The van der Waals surface area contributed by atoms with Crippen molar-refractivity contribution in [3.8, 4) is 56.6 Å². The first-order valence-electron chi connectivity index (χ1n) is 11.2. The van der Waals surface area contributed by atoms with Crippen molar-refractivity contribution < 1.29 is 4.39 Å². The third-order valence-corrected chi connectivity index (χ3v) is 5.99. The molecule has 2 nitrogen and oxygen atoms in total. The van der Waals surface area contributed by atoms with E-state index in [2.05, 4.69) is 42.5 Å². The molecule has 5 aromatic carbocycles. The average molecular weight is 451 g/mol. The smallest absolute Gasteiger partial charge is 0.158 e. The van der Waals surface area contributed by atoms with Crippen LogP contribution in [0.1, 0.15) is 11.1 Å². The molecule has 164 valence electrons. The third-order valence-electron chi connectivity index (χ3n) is 5.99. The zero-order valence-corrected chi connectivity index (χ0v) is 18.7. The summed E-state index contributed by atoms with van der Waals surface area (Å²) in [7, 11) is 0. The van der Waals surface area contributed by atoms with Crippen molar-refractivity contribution in [2.75, 3.05) is 0 Å². The molecule has 0 aromatic heterocycles. The lowest BCUT2D eigenvalue weighted by Gasteiger charge is -2.13. The van der Waals surface area contributed by atoms with Crippen LogP contribution in [0.5, 0.6) is 0 Å². The first-order valence-corrected chi connectivity index (χ1v) is 11.2. The molecule has 5 rings (SSSR count). The Hall–Kier alpha value is -4.99. The van der Waals surface area contributed by atoms with E-state index in [-0.39, 0.29) is 11.1 Å². The van der Waals surface area contributed by atoms with E-state index in [1.54, 1.807) is 0 Å². The number of hydrogen-bond acceptors (Lipinski definition) is 2. The maximum Gasteiger partial charge on any atom is 0.158 e. The molecule has 0 radical (unpaired) electrons. The summed E-state index contributed by atoms with van der Waals surface area (Å²) in [4.78, 5) is 0. The lowest BCUT2D eigenvalue weighted by atomic mass is 9.91. The maximum absolute atomic E-state index is 14.3. The molecule has 5 aromatic rings. The highest BCUT2D eigenvalue weighted by Gasteiger charge is 2.13. The van der Waals surface area contributed by atoms with Crippen LogP contribution < -0.4 is 0 Å². The van der Waals surface area contributed by atoms with Gasteiger partial charge in [0.25, 0.3) is 0 Å². The van der Waals surface area contributed by atoms with Gasteiger partial charge in [-0.3, -0.25) is 0 Å². The van der Waals surface area contributed by atoms with Crippen LogP contribution in [-0.4, -0.2) is 0 Å². The quantitative estimate of drug-likeness (QED) is 0.277. The summed E-state index contributed by atoms with van der Waals surface area (Å²) in [6, 6.07) is 41.6.